The van der Waals surface area contributed by atoms with Crippen LogP contribution in [0.2, 0.25) is 0 Å². The number of rotatable bonds is 0. The molecule has 104 heavy (non-hydrogen) atoms. The molecule has 0 bridgehead atoms. The average molecular weight is 1330 g/mol. The Morgan fingerprint density at radius 1 is 0.231 bits per heavy atom. The molecule has 0 radical (unpaired) electrons. The molecule has 0 aliphatic heterocycles. The Bertz CT molecular complexity index is 6710. The number of hydrogen-bond donors (Lipinski definition) is 0. The summed E-state index contributed by atoms with van der Waals surface area (Å²) in [6.45, 7) is 8.81. The van der Waals surface area contributed by atoms with E-state index in [-0.39, 0.29) is 0 Å². The molecule has 6 aromatic heterocycles. The minimum Gasteiger partial charge on any atom is -0.254 e. The molecule has 6 nitrogen and oxygen atoms in total. The summed E-state index contributed by atoms with van der Waals surface area (Å²) in [5.74, 6) is 0. The van der Waals surface area contributed by atoms with E-state index in [9.17, 15) is 0 Å². The molecule has 0 N–H and O–H groups in total. The summed E-state index contributed by atoms with van der Waals surface area (Å²) in [6.07, 6.45) is 11.7. The van der Waals surface area contributed by atoms with E-state index in [0.717, 1.165) is 69.7 Å². The highest BCUT2D eigenvalue weighted by Gasteiger charge is 2.30. The van der Waals surface area contributed by atoms with Crippen molar-refractivity contribution in [3.05, 3.63) is 346 Å². The van der Waals surface area contributed by atoms with Crippen molar-refractivity contribution in [2.45, 2.75) is 53.4 Å². The standard InChI is InChI=1S/2C25H17N.2C24H16N2/c1-15-17-7-4-5-9-24(17)26-25-21-13-12-19-18-8-3-2-6-16(18)10-11-20(19)23(21)14-22(15)25;1-15-17-7-4-5-9-19(17)24-14-23-21-11-10-16-6-2-3-8-18(16)20(21)12-13-22(23)25(24)26-15;1-14-11-19-20(17-7-3-2-6-16(14)17)12-21-18-9-8-15-5-4-10-25-23(15)24(18)26-13-22(19)21;1-14-17-7-3-2-5-16(17)11-20-19(14)12-21-18-9-8-15-6-4-10-25-23(15)24(18)26-13-22(20)21/h2*2-13H,14H2,1H3;2*2-11,13H,12H2,1H3. The molecule has 4 aliphatic carbocycles. The van der Waals surface area contributed by atoms with Crippen LogP contribution in [0.15, 0.2) is 280 Å². The maximum absolute atomic E-state index is 5.03. The Labute approximate surface area is 600 Å². The van der Waals surface area contributed by atoms with Crippen LogP contribution in [0.5, 0.6) is 0 Å². The first-order valence-electron chi connectivity index (χ1n) is 36.2. The molecule has 4 aliphatic rings. The Morgan fingerprint density at radius 3 is 1.25 bits per heavy atom. The van der Waals surface area contributed by atoms with E-state index in [1.165, 1.54) is 198 Å². The molecule has 0 unspecified atom stereocenters. The lowest BCUT2D eigenvalue weighted by atomic mass is 9.95. The molecule has 488 valence electrons. The fourth-order valence-electron chi connectivity index (χ4n) is 18.2. The lowest BCUT2D eigenvalue weighted by Crippen LogP contribution is -1.92. The molecular formula is C98H66N6. The first-order valence-corrected chi connectivity index (χ1v) is 36.2. The molecule has 6 heterocycles. The predicted octanol–water partition coefficient (Wildman–Crippen LogP) is 24.5. The van der Waals surface area contributed by atoms with Crippen LogP contribution in [0.4, 0.5) is 0 Å². The summed E-state index contributed by atoms with van der Waals surface area (Å²) in [4.78, 5) is 28.8. The van der Waals surface area contributed by atoms with Gasteiger partial charge in [0.1, 0.15) is 0 Å². The van der Waals surface area contributed by atoms with E-state index in [4.69, 9.17) is 19.9 Å². The molecular weight excluding hydrogens is 1260 g/mol. The average Bonchev–Trinajstić information content (AvgIpc) is 1.59. The van der Waals surface area contributed by atoms with Gasteiger partial charge in [-0.1, -0.05) is 231 Å². The maximum atomic E-state index is 5.03. The quantitative estimate of drug-likeness (QED) is 0.141. The topological polar surface area (TPSA) is 77.3 Å². The summed E-state index contributed by atoms with van der Waals surface area (Å²) >= 11 is 0. The van der Waals surface area contributed by atoms with Crippen molar-refractivity contribution in [3.8, 4) is 44.8 Å². The van der Waals surface area contributed by atoms with Crippen LogP contribution in [-0.4, -0.2) is 29.9 Å². The Kier molecular flexibility index (Phi) is 13.4. The second kappa shape index (κ2) is 23.3. The second-order valence-electron chi connectivity index (χ2n) is 28.7. The maximum Gasteiger partial charge on any atom is 0.0967 e. The third kappa shape index (κ3) is 9.14. The number of hydrogen-bond acceptors (Lipinski definition) is 6. The summed E-state index contributed by atoms with van der Waals surface area (Å²) in [5, 5.41) is 24.7. The number of aryl methyl sites for hydroxylation is 4. The van der Waals surface area contributed by atoms with E-state index < -0.39 is 0 Å². The van der Waals surface area contributed by atoms with Crippen LogP contribution >= 0.6 is 0 Å². The third-order valence-corrected chi connectivity index (χ3v) is 23.3. The van der Waals surface area contributed by atoms with Gasteiger partial charge in [-0.15, -0.1) is 0 Å². The number of para-hydroxylation sites is 1. The van der Waals surface area contributed by atoms with Gasteiger partial charge in [-0.25, -0.2) is 4.98 Å². The Balaban J connectivity index is 0.0000000896. The smallest absolute Gasteiger partial charge is 0.0967 e. The Hall–Kier alpha value is -12.9. The fourth-order valence-corrected chi connectivity index (χ4v) is 18.2. The molecule has 0 spiro atoms. The number of nitrogens with zero attached hydrogens (tertiary/aromatic N) is 6. The molecule has 0 atom stereocenters. The van der Waals surface area contributed by atoms with E-state index in [1.807, 2.05) is 36.9 Å². The van der Waals surface area contributed by atoms with Crippen LogP contribution in [0.3, 0.4) is 0 Å². The minimum absolute atomic E-state index is 0.961. The number of fused-ring (bicyclic) bond motifs is 34. The van der Waals surface area contributed by atoms with Crippen LogP contribution in [0.25, 0.3) is 175 Å². The first kappa shape index (κ1) is 59.9. The van der Waals surface area contributed by atoms with E-state index in [2.05, 4.69) is 280 Å². The van der Waals surface area contributed by atoms with Crippen molar-refractivity contribution in [3.63, 3.8) is 0 Å². The second-order valence-corrected chi connectivity index (χ2v) is 28.7. The summed E-state index contributed by atoms with van der Waals surface area (Å²) in [6, 6.07) is 91.6. The predicted molar refractivity (Wildman–Crippen MR) is 435 cm³/mol. The molecule has 24 rings (SSSR count). The van der Waals surface area contributed by atoms with Gasteiger partial charge in [-0.05, 0) is 201 Å². The van der Waals surface area contributed by atoms with Gasteiger partial charge in [0, 0.05) is 104 Å². The minimum atomic E-state index is 0.961. The lowest BCUT2D eigenvalue weighted by Gasteiger charge is -2.09. The zero-order valence-corrected chi connectivity index (χ0v) is 58.1. The van der Waals surface area contributed by atoms with Gasteiger partial charge in [0.15, 0.2) is 0 Å². The first-order chi connectivity index (χ1) is 51.2. The van der Waals surface area contributed by atoms with Gasteiger partial charge in [0.05, 0.1) is 39.0 Å². The van der Waals surface area contributed by atoms with Gasteiger partial charge in [0.25, 0.3) is 0 Å². The van der Waals surface area contributed by atoms with E-state index in [0.29, 0.717) is 0 Å². The molecule has 14 aromatic carbocycles. The van der Waals surface area contributed by atoms with Gasteiger partial charge < -0.3 is 0 Å². The van der Waals surface area contributed by atoms with Gasteiger partial charge in [0.2, 0.25) is 0 Å². The normalized spacial score (nSPS) is 12.7. The van der Waals surface area contributed by atoms with E-state index in [1.54, 1.807) is 0 Å². The van der Waals surface area contributed by atoms with Crippen molar-refractivity contribution in [1.82, 2.24) is 29.9 Å². The molecule has 0 amide bonds. The number of aromatic nitrogens is 6. The summed E-state index contributed by atoms with van der Waals surface area (Å²) in [7, 11) is 0. The fraction of sp³-hybridized carbons (Fsp3) is 0.0816. The molecule has 0 saturated carbocycles. The van der Waals surface area contributed by atoms with Crippen LogP contribution in [-0.2, 0) is 25.7 Å². The molecule has 0 saturated heterocycles. The van der Waals surface area contributed by atoms with Crippen molar-refractivity contribution >= 4 is 130 Å². The number of pyridine rings is 6. The van der Waals surface area contributed by atoms with Crippen molar-refractivity contribution in [1.29, 1.82) is 0 Å². The zero-order valence-electron chi connectivity index (χ0n) is 58.1. The lowest BCUT2D eigenvalue weighted by molar-refractivity contribution is 1.21. The van der Waals surface area contributed by atoms with E-state index >= 15 is 0 Å². The molecule has 6 heteroatoms. The van der Waals surface area contributed by atoms with Crippen molar-refractivity contribution < 1.29 is 0 Å². The monoisotopic (exact) mass is 1330 g/mol. The van der Waals surface area contributed by atoms with Crippen LogP contribution in [0, 0.1) is 27.7 Å². The number of benzene rings is 14. The van der Waals surface area contributed by atoms with Crippen molar-refractivity contribution in [2.75, 3.05) is 0 Å². The zero-order chi connectivity index (χ0) is 69.0. The van der Waals surface area contributed by atoms with Gasteiger partial charge in [-0.3, -0.25) is 24.9 Å². The highest BCUT2D eigenvalue weighted by molar-refractivity contribution is 6.14. The van der Waals surface area contributed by atoms with Crippen LogP contribution in [0.1, 0.15) is 66.9 Å². The largest absolute Gasteiger partial charge is 0.254 e. The third-order valence-electron chi connectivity index (χ3n) is 23.3. The highest BCUT2D eigenvalue weighted by atomic mass is 14.8. The van der Waals surface area contributed by atoms with Gasteiger partial charge >= 0.3 is 0 Å². The Morgan fingerprint density at radius 2 is 0.635 bits per heavy atom. The SMILES string of the molecule is Cc1c2c(cc3ccccc13)-c1cnc3c(ccc4cccnc43)c1C2.Cc1c2c(nc3ccccc13)-c1ccc3c(ccc4ccccc43)c1C2.Cc1cc2c(c3ccccc13)Cc1c-2cnc2c1ccc1cccnc12.Cc1nc2c(c3ccccc13)Cc1c-2ccc2c1ccc1ccccc12. The van der Waals surface area contributed by atoms with Crippen molar-refractivity contribution in [2.24, 2.45) is 0 Å². The highest BCUT2D eigenvalue weighted by Crippen LogP contribution is 2.49. The summed E-state index contributed by atoms with van der Waals surface area (Å²) < 4.78 is 0. The van der Waals surface area contributed by atoms with Gasteiger partial charge in [-0.2, -0.15) is 0 Å². The molecule has 0 fully saturated rings. The van der Waals surface area contributed by atoms with Crippen LogP contribution < -0.4 is 0 Å². The summed E-state index contributed by atoms with van der Waals surface area (Å²) in [5.41, 5.74) is 31.7. The molecule has 20 aromatic rings.